The third-order valence-electron chi connectivity index (χ3n) is 3.92. The number of carbonyl (C=O) groups excluding carboxylic acids is 1. The fourth-order valence-electron chi connectivity index (χ4n) is 2.78. The SMILES string of the molecule is CC(=O)NC(=S)Nc1ccc(OCCC2CCCCC2)cc1. The van der Waals surface area contributed by atoms with Crippen molar-refractivity contribution in [3.8, 4) is 5.75 Å². The Morgan fingerprint density at radius 1 is 1.23 bits per heavy atom. The molecule has 1 aliphatic rings. The molecule has 0 aliphatic heterocycles. The van der Waals surface area contributed by atoms with Crippen LogP contribution in [0.25, 0.3) is 0 Å². The molecule has 0 atom stereocenters. The van der Waals surface area contributed by atoms with E-state index in [1.165, 1.54) is 39.0 Å². The van der Waals surface area contributed by atoms with E-state index in [9.17, 15) is 4.79 Å². The quantitative estimate of drug-likeness (QED) is 0.809. The number of thiocarbonyl (C=S) groups is 1. The van der Waals surface area contributed by atoms with E-state index >= 15 is 0 Å². The van der Waals surface area contributed by atoms with Crippen LogP contribution < -0.4 is 15.4 Å². The first-order valence-electron chi connectivity index (χ1n) is 7.95. The molecule has 1 amide bonds. The standard InChI is InChI=1S/C17H24N2O2S/c1-13(20)18-17(22)19-15-7-9-16(10-8-15)21-12-11-14-5-3-2-4-6-14/h7-10,14H,2-6,11-12H2,1H3,(H2,18,19,20,22). The van der Waals surface area contributed by atoms with Crippen LogP contribution in [-0.2, 0) is 4.79 Å². The normalized spacial score (nSPS) is 15.1. The molecule has 2 N–H and O–H groups in total. The van der Waals surface area contributed by atoms with E-state index in [1.807, 2.05) is 24.3 Å². The van der Waals surface area contributed by atoms with Gasteiger partial charge in [-0.15, -0.1) is 0 Å². The molecule has 2 rings (SSSR count). The van der Waals surface area contributed by atoms with E-state index in [4.69, 9.17) is 17.0 Å². The highest BCUT2D eigenvalue weighted by molar-refractivity contribution is 7.80. The fraction of sp³-hybridized carbons (Fsp3) is 0.529. The topological polar surface area (TPSA) is 50.4 Å². The first-order valence-corrected chi connectivity index (χ1v) is 8.36. The Morgan fingerprint density at radius 2 is 1.91 bits per heavy atom. The zero-order valence-corrected chi connectivity index (χ0v) is 13.9. The van der Waals surface area contributed by atoms with Crippen molar-refractivity contribution in [1.82, 2.24) is 5.32 Å². The predicted molar refractivity (Wildman–Crippen MR) is 93.2 cm³/mol. The van der Waals surface area contributed by atoms with Gasteiger partial charge in [0.15, 0.2) is 5.11 Å². The minimum atomic E-state index is -0.180. The molecule has 1 aromatic carbocycles. The number of carbonyl (C=O) groups is 1. The molecule has 0 aromatic heterocycles. The van der Waals surface area contributed by atoms with E-state index in [0.29, 0.717) is 5.11 Å². The largest absolute Gasteiger partial charge is 0.494 e. The fourth-order valence-corrected chi connectivity index (χ4v) is 3.04. The van der Waals surface area contributed by atoms with Gasteiger partial charge in [0.2, 0.25) is 5.91 Å². The zero-order chi connectivity index (χ0) is 15.8. The van der Waals surface area contributed by atoms with Gasteiger partial charge in [0.1, 0.15) is 5.75 Å². The lowest BCUT2D eigenvalue weighted by molar-refractivity contribution is -0.117. The lowest BCUT2D eigenvalue weighted by atomic mass is 9.87. The van der Waals surface area contributed by atoms with E-state index in [1.54, 1.807) is 0 Å². The summed E-state index contributed by atoms with van der Waals surface area (Å²) >= 11 is 5.01. The van der Waals surface area contributed by atoms with Gasteiger partial charge < -0.3 is 15.4 Å². The molecule has 120 valence electrons. The van der Waals surface area contributed by atoms with Gasteiger partial charge in [0.05, 0.1) is 6.61 Å². The van der Waals surface area contributed by atoms with Gasteiger partial charge in [0, 0.05) is 12.6 Å². The van der Waals surface area contributed by atoms with Crippen LogP contribution in [0, 0.1) is 5.92 Å². The summed E-state index contributed by atoms with van der Waals surface area (Å²) in [6.07, 6.45) is 8.00. The van der Waals surface area contributed by atoms with Crippen molar-refractivity contribution in [3.63, 3.8) is 0 Å². The molecule has 0 bridgehead atoms. The van der Waals surface area contributed by atoms with Gasteiger partial charge in [-0.2, -0.15) is 0 Å². The summed E-state index contributed by atoms with van der Waals surface area (Å²) in [4.78, 5) is 10.9. The molecule has 0 heterocycles. The second-order valence-corrected chi connectivity index (χ2v) is 6.21. The Hall–Kier alpha value is -1.62. The van der Waals surface area contributed by atoms with Crippen molar-refractivity contribution in [1.29, 1.82) is 0 Å². The number of hydrogen-bond donors (Lipinski definition) is 2. The van der Waals surface area contributed by atoms with E-state index in [-0.39, 0.29) is 5.91 Å². The van der Waals surface area contributed by atoms with Crippen LogP contribution in [0.4, 0.5) is 5.69 Å². The molecule has 22 heavy (non-hydrogen) atoms. The van der Waals surface area contributed by atoms with Crippen LogP contribution >= 0.6 is 12.2 Å². The Balaban J connectivity index is 1.71. The average molecular weight is 320 g/mol. The Labute approximate surface area is 137 Å². The third-order valence-corrected chi connectivity index (χ3v) is 4.13. The first kappa shape index (κ1) is 16.7. The monoisotopic (exact) mass is 320 g/mol. The number of nitrogens with one attached hydrogen (secondary N) is 2. The lowest BCUT2D eigenvalue weighted by Crippen LogP contribution is -2.32. The molecule has 0 saturated heterocycles. The molecule has 0 spiro atoms. The van der Waals surface area contributed by atoms with Crippen LogP contribution in [0.2, 0.25) is 0 Å². The van der Waals surface area contributed by atoms with E-state index < -0.39 is 0 Å². The zero-order valence-electron chi connectivity index (χ0n) is 13.1. The summed E-state index contributed by atoms with van der Waals surface area (Å²) in [6.45, 7) is 2.21. The highest BCUT2D eigenvalue weighted by atomic mass is 32.1. The number of anilines is 1. The summed E-state index contributed by atoms with van der Waals surface area (Å²) in [5.41, 5.74) is 0.832. The molecule has 1 aromatic rings. The number of ether oxygens (including phenoxy) is 1. The van der Waals surface area contributed by atoms with Crippen molar-refractivity contribution in [2.75, 3.05) is 11.9 Å². The number of hydrogen-bond acceptors (Lipinski definition) is 3. The molecular weight excluding hydrogens is 296 g/mol. The summed E-state index contributed by atoms with van der Waals surface area (Å²) in [5.74, 6) is 1.52. The van der Waals surface area contributed by atoms with E-state index in [2.05, 4.69) is 10.6 Å². The van der Waals surface area contributed by atoms with Crippen molar-refractivity contribution < 1.29 is 9.53 Å². The highest BCUT2D eigenvalue weighted by Gasteiger charge is 2.13. The van der Waals surface area contributed by atoms with Crippen LogP contribution in [-0.4, -0.2) is 17.6 Å². The van der Waals surface area contributed by atoms with Crippen molar-refractivity contribution in [2.45, 2.75) is 45.4 Å². The van der Waals surface area contributed by atoms with Gasteiger partial charge in [-0.25, -0.2) is 0 Å². The highest BCUT2D eigenvalue weighted by Crippen LogP contribution is 2.26. The van der Waals surface area contributed by atoms with Crippen LogP contribution in [0.3, 0.4) is 0 Å². The molecule has 1 fully saturated rings. The van der Waals surface area contributed by atoms with Gasteiger partial charge in [0.25, 0.3) is 0 Å². The second kappa shape index (κ2) is 8.73. The summed E-state index contributed by atoms with van der Waals surface area (Å²) in [7, 11) is 0. The number of benzene rings is 1. The van der Waals surface area contributed by atoms with E-state index in [0.717, 1.165) is 30.4 Å². The number of rotatable bonds is 5. The van der Waals surface area contributed by atoms with Gasteiger partial charge in [-0.05, 0) is 48.8 Å². The second-order valence-electron chi connectivity index (χ2n) is 5.80. The predicted octanol–water partition coefficient (Wildman–Crippen LogP) is 3.87. The van der Waals surface area contributed by atoms with Gasteiger partial charge >= 0.3 is 0 Å². The Bertz CT molecular complexity index is 496. The third kappa shape index (κ3) is 6.02. The molecule has 1 saturated carbocycles. The molecule has 0 radical (unpaired) electrons. The average Bonchev–Trinajstić information content (AvgIpc) is 2.49. The van der Waals surface area contributed by atoms with Crippen molar-refractivity contribution in [2.24, 2.45) is 5.92 Å². The van der Waals surface area contributed by atoms with Crippen molar-refractivity contribution in [3.05, 3.63) is 24.3 Å². The number of amides is 1. The first-order chi connectivity index (χ1) is 10.6. The summed E-state index contributed by atoms with van der Waals surface area (Å²) < 4.78 is 5.80. The maximum Gasteiger partial charge on any atom is 0.222 e. The van der Waals surface area contributed by atoms with Crippen LogP contribution in [0.1, 0.15) is 45.4 Å². The molecule has 5 heteroatoms. The van der Waals surface area contributed by atoms with Gasteiger partial charge in [-0.1, -0.05) is 32.1 Å². The van der Waals surface area contributed by atoms with Gasteiger partial charge in [-0.3, -0.25) is 4.79 Å². The summed E-state index contributed by atoms with van der Waals surface area (Å²) in [5, 5.41) is 5.78. The van der Waals surface area contributed by atoms with Crippen LogP contribution in [0.5, 0.6) is 5.75 Å². The van der Waals surface area contributed by atoms with Crippen LogP contribution in [0.15, 0.2) is 24.3 Å². The minimum absolute atomic E-state index is 0.180. The van der Waals surface area contributed by atoms with Crippen molar-refractivity contribution >= 4 is 28.9 Å². The Morgan fingerprint density at radius 3 is 2.55 bits per heavy atom. The molecular formula is C17H24N2O2S. The lowest BCUT2D eigenvalue weighted by Gasteiger charge is -2.21. The smallest absolute Gasteiger partial charge is 0.222 e. The minimum Gasteiger partial charge on any atom is -0.494 e. The maximum absolute atomic E-state index is 10.9. The Kier molecular flexibility index (Phi) is 6.65. The molecule has 4 nitrogen and oxygen atoms in total. The molecule has 0 unspecified atom stereocenters. The molecule has 1 aliphatic carbocycles. The summed E-state index contributed by atoms with van der Waals surface area (Å²) in [6, 6.07) is 7.62. The maximum atomic E-state index is 10.9.